The van der Waals surface area contributed by atoms with Crippen molar-refractivity contribution in [1.29, 1.82) is 0 Å². The summed E-state index contributed by atoms with van der Waals surface area (Å²) in [6.07, 6.45) is 0.383. The lowest BCUT2D eigenvalue weighted by atomic mass is 10.2. The van der Waals surface area contributed by atoms with Gasteiger partial charge in [0.05, 0.1) is 5.52 Å². The average Bonchev–Trinajstić information content (AvgIpc) is 2.37. The monoisotopic (exact) mass is 292 g/mol. The molecule has 0 bridgehead atoms. The van der Waals surface area contributed by atoms with E-state index in [0.29, 0.717) is 18.8 Å². The van der Waals surface area contributed by atoms with Crippen LogP contribution in [0.5, 0.6) is 0 Å². The van der Waals surface area contributed by atoms with Crippen LogP contribution in [0.3, 0.4) is 0 Å². The van der Waals surface area contributed by atoms with E-state index in [2.05, 4.69) is 20.6 Å². The van der Waals surface area contributed by atoms with Crippen molar-refractivity contribution in [3.05, 3.63) is 29.5 Å². The number of fused-ring (bicyclic) bond motifs is 1. The predicted octanol–water partition coefficient (Wildman–Crippen LogP) is 2.61. The number of nitrogens with zero attached hydrogens (tertiary/aromatic N) is 2. The van der Waals surface area contributed by atoms with Crippen molar-refractivity contribution in [2.75, 3.05) is 11.9 Å². The second kappa shape index (κ2) is 6.52. The highest BCUT2D eigenvalue weighted by atomic mass is 35.5. The van der Waals surface area contributed by atoms with Crippen molar-refractivity contribution >= 4 is 34.2 Å². The summed E-state index contributed by atoms with van der Waals surface area (Å²) in [4.78, 5) is 19.9. The van der Waals surface area contributed by atoms with Crippen molar-refractivity contribution in [1.82, 2.24) is 15.3 Å². The molecule has 1 aromatic carbocycles. The topological polar surface area (TPSA) is 66.9 Å². The number of carbonyl (C=O) groups is 1. The maximum Gasteiger partial charge on any atom is 0.224 e. The van der Waals surface area contributed by atoms with E-state index in [9.17, 15) is 4.79 Å². The van der Waals surface area contributed by atoms with Gasteiger partial charge in [0.15, 0.2) is 0 Å². The molecule has 1 aromatic heterocycles. The van der Waals surface area contributed by atoms with E-state index in [1.807, 2.05) is 38.1 Å². The molecular formula is C14H17ClN4O. The van der Waals surface area contributed by atoms with Crippen LogP contribution in [0.1, 0.15) is 20.3 Å². The maximum atomic E-state index is 11.6. The van der Waals surface area contributed by atoms with Gasteiger partial charge in [-0.1, -0.05) is 12.1 Å². The van der Waals surface area contributed by atoms with Gasteiger partial charge >= 0.3 is 0 Å². The van der Waals surface area contributed by atoms with E-state index in [1.54, 1.807) is 0 Å². The molecule has 1 heterocycles. The van der Waals surface area contributed by atoms with E-state index >= 15 is 0 Å². The maximum absolute atomic E-state index is 11.6. The average molecular weight is 293 g/mol. The van der Waals surface area contributed by atoms with E-state index in [-0.39, 0.29) is 17.2 Å². The van der Waals surface area contributed by atoms with Gasteiger partial charge in [0.1, 0.15) is 5.82 Å². The quantitative estimate of drug-likeness (QED) is 0.831. The molecule has 0 unspecified atom stereocenters. The van der Waals surface area contributed by atoms with E-state index in [0.717, 1.165) is 10.9 Å². The van der Waals surface area contributed by atoms with E-state index in [1.165, 1.54) is 0 Å². The Morgan fingerprint density at radius 2 is 2.05 bits per heavy atom. The van der Waals surface area contributed by atoms with Crippen molar-refractivity contribution in [2.45, 2.75) is 26.3 Å². The second-order valence-corrected chi connectivity index (χ2v) is 5.10. The number of aromatic nitrogens is 2. The first-order valence-corrected chi connectivity index (χ1v) is 6.89. The Hall–Kier alpha value is -1.88. The van der Waals surface area contributed by atoms with Crippen molar-refractivity contribution < 1.29 is 4.79 Å². The summed E-state index contributed by atoms with van der Waals surface area (Å²) >= 11 is 5.89. The molecule has 6 heteroatoms. The lowest BCUT2D eigenvalue weighted by molar-refractivity contribution is -0.121. The summed E-state index contributed by atoms with van der Waals surface area (Å²) in [5.41, 5.74) is 0.779. The van der Waals surface area contributed by atoms with Crippen LogP contribution in [-0.4, -0.2) is 28.5 Å². The Balaban J connectivity index is 2.04. The largest absolute Gasteiger partial charge is 0.369 e. The molecule has 0 saturated carbocycles. The highest BCUT2D eigenvalue weighted by Gasteiger charge is 2.07. The zero-order valence-corrected chi connectivity index (χ0v) is 12.2. The number of rotatable bonds is 5. The fourth-order valence-electron chi connectivity index (χ4n) is 1.87. The summed E-state index contributed by atoms with van der Waals surface area (Å²) in [6, 6.07) is 7.75. The van der Waals surface area contributed by atoms with Gasteiger partial charge in [-0.15, -0.1) is 0 Å². The summed E-state index contributed by atoms with van der Waals surface area (Å²) < 4.78 is 0. The van der Waals surface area contributed by atoms with Crippen LogP contribution in [0.15, 0.2) is 24.3 Å². The highest BCUT2D eigenvalue weighted by Crippen LogP contribution is 2.21. The third kappa shape index (κ3) is 3.81. The first-order valence-electron chi connectivity index (χ1n) is 6.52. The minimum absolute atomic E-state index is 0.0111. The molecule has 0 fully saturated rings. The van der Waals surface area contributed by atoms with Gasteiger partial charge < -0.3 is 10.6 Å². The number of amides is 1. The van der Waals surface area contributed by atoms with Gasteiger partial charge in [0.2, 0.25) is 11.2 Å². The molecule has 2 aromatic rings. The summed E-state index contributed by atoms with van der Waals surface area (Å²) in [7, 11) is 0. The second-order valence-electron chi connectivity index (χ2n) is 4.76. The van der Waals surface area contributed by atoms with E-state index in [4.69, 9.17) is 11.6 Å². The van der Waals surface area contributed by atoms with Crippen LogP contribution in [0.25, 0.3) is 10.9 Å². The van der Waals surface area contributed by atoms with Crippen LogP contribution in [0, 0.1) is 0 Å². The number of halogens is 1. The molecule has 106 valence electrons. The number of para-hydroxylation sites is 1. The zero-order valence-electron chi connectivity index (χ0n) is 11.5. The number of benzene rings is 1. The first-order chi connectivity index (χ1) is 9.56. The highest BCUT2D eigenvalue weighted by molar-refractivity contribution is 6.28. The lowest BCUT2D eigenvalue weighted by Crippen LogP contribution is -2.31. The summed E-state index contributed by atoms with van der Waals surface area (Å²) in [6.45, 7) is 4.36. The molecule has 20 heavy (non-hydrogen) atoms. The molecular weight excluding hydrogens is 276 g/mol. The molecule has 0 saturated heterocycles. The van der Waals surface area contributed by atoms with Crippen LogP contribution < -0.4 is 10.6 Å². The molecule has 2 N–H and O–H groups in total. The Kier molecular flexibility index (Phi) is 4.74. The lowest BCUT2D eigenvalue weighted by Gasteiger charge is -2.10. The van der Waals surface area contributed by atoms with Gasteiger partial charge in [-0.05, 0) is 37.6 Å². The number of nitrogens with one attached hydrogen (secondary N) is 2. The molecule has 0 aliphatic heterocycles. The van der Waals surface area contributed by atoms with Crippen LogP contribution >= 0.6 is 11.6 Å². The Labute approximate surface area is 122 Å². The van der Waals surface area contributed by atoms with Crippen LogP contribution in [0.2, 0.25) is 5.28 Å². The molecule has 1 amide bonds. The van der Waals surface area contributed by atoms with Crippen molar-refractivity contribution in [3.8, 4) is 0 Å². The van der Waals surface area contributed by atoms with Gasteiger partial charge in [-0.25, -0.2) is 9.97 Å². The van der Waals surface area contributed by atoms with Gasteiger partial charge in [-0.3, -0.25) is 4.79 Å². The van der Waals surface area contributed by atoms with Crippen molar-refractivity contribution in [3.63, 3.8) is 0 Å². The standard InChI is InChI=1S/C14H17ClN4O/c1-9(2)17-12(20)7-8-16-13-10-5-3-4-6-11(10)18-14(15)19-13/h3-6,9H,7-8H2,1-2H3,(H,17,20)(H,16,18,19). The molecule has 0 aliphatic rings. The van der Waals surface area contributed by atoms with E-state index < -0.39 is 0 Å². The Bertz CT molecular complexity index is 615. The van der Waals surface area contributed by atoms with Crippen molar-refractivity contribution in [2.24, 2.45) is 0 Å². The number of hydrogen-bond acceptors (Lipinski definition) is 4. The third-order valence-corrected chi connectivity index (χ3v) is 2.84. The van der Waals surface area contributed by atoms with Crippen LogP contribution in [-0.2, 0) is 4.79 Å². The Morgan fingerprint density at radius 3 is 2.80 bits per heavy atom. The summed E-state index contributed by atoms with van der Waals surface area (Å²) in [5.74, 6) is 0.662. The van der Waals surface area contributed by atoms with Crippen LogP contribution in [0.4, 0.5) is 5.82 Å². The molecule has 0 atom stereocenters. The minimum Gasteiger partial charge on any atom is -0.369 e. The number of carbonyl (C=O) groups excluding carboxylic acids is 1. The fraction of sp³-hybridized carbons (Fsp3) is 0.357. The predicted molar refractivity (Wildman–Crippen MR) is 80.9 cm³/mol. The van der Waals surface area contributed by atoms with Gasteiger partial charge in [-0.2, -0.15) is 0 Å². The molecule has 0 spiro atoms. The van der Waals surface area contributed by atoms with Gasteiger partial charge in [0, 0.05) is 24.4 Å². The number of anilines is 1. The SMILES string of the molecule is CC(C)NC(=O)CCNc1nc(Cl)nc2ccccc12. The fourth-order valence-corrected chi connectivity index (χ4v) is 2.05. The van der Waals surface area contributed by atoms with Gasteiger partial charge in [0.25, 0.3) is 0 Å². The Morgan fingerprint density at radius 1 is 1.30 bits per heavy atom. The minimum atomic E-state index is 0.0111. The first kappa shape index (κ1) is 14.5. The molecule has 5 nitrogen and oxygen atoms in total. The third-order valence-electron chi connectivity index (χ3n) is 2.67. The normalized spacial score (nSPS) is 10.8. The number of hydrogen-bond donors (Lipinski definition) is 2. The smallest absolute Gasteiger partial charge is 0.224 e. The molecule has 0 aliphatic carbocycles. The molecule has 2 rings (SSSR count). The zero-order chi connectivity index (χ0) is 14.5. The molecule has 0 radical (unpaired) electrons. The summed E-state index contributed by atoms with van der Waals surface area (Å²) in [5, 5.41) is 7.06.